The molecule has 1 aliphatic carbocycles. The molecule has 1 heterocycles. The molecular formula is C20H41IN4O. The topological polar surface area (TPSA) is 40.1 Å². The smallest absolute Gasteiger partial charge is 0.193 e. The molecule has 2 fully saturated rings. The van der Waals surface area contributed by atoms with Gasteiger partial charge in [0.1, 0.15) is 0 Å². The number of rotatable bonds is 11. The lowest BCUT2D eigenvalue weighted by atomic mass is 10.0. The fourth-order valence-corrected chi connectivity index (χ4v) is 3.41. The van der Waals surface area contributed by atoms with E-state index in [0.29, 0.717) is 0 Å². The summed E-state index contributed by atoms with van der Waals surface area (Å²) in [6.07, 6.45) is 9.29. The SMILES string of the molecule is CCNC(=NCCCCN1CCCCC1C)N(C)CCOCC1CC1.I. The number of guanidine groups is 1. The van der Waals surface area contributed by atoms with Crippen LogP contribution in [0.3, 0.4) is 0 Å². The minimum atomic E-state index is 0. The zero-order valence-corrected chi connectivity index (χ0v) is 19.5. The molecule has 5 nitrogen and oxygen atoms in total. The van der Waals surface area contributed by atoms with Crippen molar-refractivity contribution < 1.29 is 4.74 Å². The summed E-state index contributed by atoms with van der Waals surface area (Å²) in [6, 6.07) is 0.774. The quantitative estimate of drug-likeness (QED) is 0.213. The van der Waals surface area contributed by atoms with Crippen molar-refractivity contribution in [2.24, 2.45) is 10.9 Å². The van der Waals surface area contributed by atoms with Gasteiger partial charge in [0.2, 0.25) is 0 Å². The molecule has 0 bridgehead atoms. The Labute approximate surface area is 178 Å². The zero-order chi connectivity index (χ0) is 17.9. The lowest BCUT2D eigenvalue weighted by Gasteiger charge is -2.33. The van der Waals surface area contributed by atoms with E-state index in [4.69, 9.17) is 9.73 Å². The molecule has 0 aromatic carbocycles. The van der Waals surface area contributed by atoms with Gasteiger partial charge in [0.05, 0.1) is 6.61 Å². The first kappa shape index (κ1) is 24.0. The summed E-state index contributed by atoms with van der Waals surface area (Å²) in [5.74, 6) is 1.86. The van der Waals surface area contributed by atoms with Gasteiger partial charge in [-0.25, -0.2) is 0 Å². The van der Waals surface area contributed by atoms with E-state index < -0.39 is 0 Å². The Bertz CT molecular complexity index is 390. The summed E-state index contributed by atoms with van der Waals surface area (Å²) in [5, 5.41) is 3.40. The maximum absolute atomic E-state index is 5.75. The lowest BCUT2D eigenvalue weighted by Crippen LogP contribution is -2.40. The van der Waals surface area contributed by atoms with Crippen LogP contribution >= 0.6 is 24.0 Å². The van der Waals surface area contributed by atoms with Crippen molar-refractivity contribution in [3.8, 4) is 0 Å². The minimum absolute atomic E-state index is 0. The van der Waals surface area contributed by atoms with Gasteiger partial charge in [-0.2, -0.15) is 0 Å². The molecule has 154 valence electrons. The van der Waals surface area contributed by atoms with Gasteiger partial charge < -0.3 is 19.9 Å². The van der Waals surface area contributed by atoms with Crippen molar-refractivity contribution in [2.75, 3.05) is 53.0 Å². The molecule has 1 N–H and O–H groups in total. The van der Waals surface area contributed by atoms with Crippen molar-refractivity contribution in [1.82, 2.24) is 15.1 Å². The fraction of sp³-hybridized carbons (Fsp3) is 0.950. The highest BCUT2D eigenvalue weighted by Gasteiger charge is 2.21. The number of halogens is 1. The molecule has 1 aliphatic heterocycles. The van der Waals surface area contributed by atoms with Gasteiger partial charge >= 0.3 is 0 Å². The highest BCUT2D eigenvalue weighted by atomic mass is 127. The van der Waals surface area contributed by atoms with Gasteiger partial charge in [-0.15, -0.1) is 24.0 Å². The Morgan fingerprint density at radius 3 is 2.73 bits per heavy atom. The van der Waals surface area contributed by atoms with E-state index in [2.05, 4.69) is 36.0 Å². The Balaban J connectivity index is 0.00000338. The van der Waals surface area contributed by atoms with Gasteiger partial charge in [-0.1, -0.05) is 6.42 Å². The van der Waals surface area contributed by atoms with Crippen LogP contribution in [0.4, 0.5) is 0 Å². The van der Waals surface area contributed by atoms with Gasteiger partial charge in [-0.05, 0) is 71.4 Å². The number of likely N-dealkylation sites (N-methyl/N-ethyl adjacent to an activating group) is 1. The van der Waals surface area contributed by atoms with Gasteiger partial charge in [0, 0.05) is 39.3 Å². The average Bonchev–Trinajstić information content (AvgIpc) is 3.43. The van der Waals surface area contributed by atoms with Gasteiger partial charge in [0.15, 0.2) is 5.96 Å². The molecule has 0 aromatic rings. The molecule has 2 rings (SSSR count). The summed E-state index contributed by atoms with van der Waals surface area (Å²) < 4.78 is 5.75. The molecular weight excluding hydrogens is 439 g/mol. The molecule has 26 heavy (non-hydrogen) atoms. The number of likely N-dealkylation sites (tertiary alicyclic amines) is 1. The number of unbranched alkanes of at least 4 members (excludes halogenated alkanes) is 1. The molecule has 0 radical (unpaired) electrons. The van der Waals surface area contributed by atoms with Crippen LogP contribution < -0.4 is 5.32 Å². The number of hydrogen-bond donors (Lipinski definition) is 1. The fourth-order valence-electron chi connectivity index (χ4n) is 3.41. The van der Waals surface area contributed by atoms with Crippen LogP contribution in [-0.4, -0.2) is 74.8 Å². The number of piperidine rings is 1. The third-order valence-corrected chi connectivity index (χ3v) is 5.37. The van der Waals surface area contributed by atoms with Gasteiger partial charge in [-0.3, -0.25) is 4.99 Å². The molecule has 1 unspecified atom stereocenters. The molecule has 0 amide bonds. The molecule has 2 aliphatic rings. The summed E-state index contributed by atoms with van der Waals surface area (Å²) in [5.41, 5.74) is 0. The van der Waals surface area contributed by atoms with E-state index in [0.717, 1.165) is 50.8 Å². The first-order chi connectivity index (χ1) is 12.2. The summed E-state index contributed by atoms with van der Waals surface area (Å²) in [6.45, 7) is 11.5. The van der Waals surface area contributed by atoms with Crippen LogP contribution in [0.5, 0.6) is 0 Å². The molecule has 6 heteroatoms. The molecule has 1 saturated carbocycles. The van der Waals surface area contributed by atoms with Gasteiger partial charge in [0.25, 0.3) is 0 Å². The maximum atomic E-state index is 5.75. The standard InChI is InChI=1S/C20H40N4O.HI/c1-4-21-20(23(3)15-16-25-17-19-10-11-19)22-12-6-8-14-24-13-7-5-9-18(24)2;/h18-19H,4-17H2,1-3H3,(H,21,22);1H. The third kappa shape index (κ3) is 9.74. The van der Waals surface area contributed by atoms with Crippen molar-refractivity contribution >= 4 is 29.9 Å². The van der Waals surface area contributed by atoms with Crippen LogP contribution in [-0.2, 0) is 4.74 Å². The van der Waals surface area contributed by atoms with Crippen molar-refractivity contribution in [3.05, 3.63) is 0 Å². The maximum Gasteiger partial charge on any atom is 0.193 e. The van der Waals surface area contributed by atoms with Crippen LogP contribution in [0, 0.1) is 5.92 Å². The van der Waals surface area contributed by atoms with Crippen LogP contribution in [0.25, 0.3) is 0 Å². The monoisotopic (exact) mass is 480 g/mol. The second-order valence-electron chi connectivity index (χ2n) is 7.76. The number of nitrogens with one attached hydrogen (secondary N) is 1. The minimum Gasteiger partial charge on any atom is -0.379 e. The van der Waals surface area contributed by atoms with E-state index >= 15 is 0 Å². The molecule has 0 spiro atoms. The van der Waals surface area contributed by atoms with Crippen LogP contribution in [0.2, 0.25) is 0 Å². The number of nitrogens with zero attached hydrogens (tertiary/aromatic N) is 3. The molecule has 1 atom stereocenters. The van der Waals surface area contributed by atoms with Crippen molar-refractivity contribution in [3.63, 3.8) is 0 Å². The second-order valence-corrected chi connectivity index (χ2v) is 7.76. The van der Waals surface area contributed by atoms with E-state index in [1.54, 1.807) is 0 Å². The normalized spacial score (nSPS) is 21.3. The predicted molar refractivity (Wildman–Crippen MR) is 122 cm³/mol. The predicted octanol–water partition coefficient (Wildman–Crippen LogP) is 3.58. The Kier molecular flexibility index (Phi) is 12.9. The second kappa shape index (κ2) is 14.0. The molecule has 0 aromatic heterocycles. The van der Waals surface area contributed by atoms with E-state index in [1.807, 2.05) is 0 Å². The average molecular weight is 480 g/mol. The summed E-state index contributed by atoms with van der Waals surface area (Å²) in [4.78, 5) is 9.65. The van der Waals surface area contributed by atoms with Crippen LogP contribution in [0.1, 0.15) is 58.8 Å². The lowest BCUT2D eigenvalue weighted by molar-refractivity contribution is 0.115. The summed E-state index contributed by atoms with van der Waals surface area (Å²) >= 11 is 0. The Morgan fingerprint density at radius 1 is 1.23 bits per heavy atom. The first-order valence-corrected chi connectivity index (χ1v) is 10.5. The zero-order valence-electron chi connectivity index (χ0n) is 17.2. The van der Waals surface area contributed by atoms with E-state index in [9.17, 15) is 0 Å². The number of hydrogen-bond acceptors (Lipinski definition) is 3. The number of aliphatic imine (C=N–C) groups is 1. The van der Waals surface area contributed by atoms with Crippen LogP contribution in [0.15, 0.2) is 4.99 Å². The van der Waals surface area contributed by atoms with Crippen molar-refractivity contribution in [2.45, 2.75) is 64.8 Å². The third-order valence-electron chi connectivity index (χ3n) is 5.37. The summed E-state index contributed by atoms with van der Waals surface area (Å²) in [7, 11) is 2.11. The highest BCUT2D eigenvalue weighted by Crippen LogP contribution is 2.28. The number of ether oxygens (including phenoxy) is 1. The first-order valence-electron chi connectivity index (χ1n) is 10.5. The highest BCUT2D eigenvalue weighted by molar-refractivity contribution is 14.0. The Morgan fingerprint density at radius 2 is 2.04 bits per heavy atom. The largest absolute Gasteiger partial charge is 0.379 e. The van der Waals surface area contributed by atoms with E-state index in [-0.39, 0.29) is 24.0 Å². The van der Waals surface area contributed by atoms with E-state index in [1.165, 1.54) is 58.0 Å². The van der Waals surface area contributed by atoms with Crippen molar-refractivity contribution in [1.29, 1.82) is 0 Å². The molecule has 1 saturated heterocycles. The Hall–Kier alpha value is -0.0800.